The van der Waals surface area contributed by atoms with Gasteiger partial charge in [0.25, 0.3) is 0 Å². The Morgan fingerprint density at radius 1 is 1.19 bits per heavy atom. The van der Waals surface area contributed by atoms with Gasteiger partial charge in [-0.15, -0.1) is 0 Å². The summed E-state index contributed by atoms with van der Waals surface area (Å²) in [6, 6.07) is 8.53. The van der Waals surface area contributed by atoms with Crippen LogP contribution in [0, 0.1) is 10.1 Å². The molecule has 0 saturated heterocycles. The van der Waals surface area contributed by atoms with E-state index in [2.05, 4.69) is 5.32 Å². The lowest BCUT2D eigenvalue weighted by atomic mass is 10.1. The molecule has 0 aliphatic carbocycles. The highest BCUT2D eigenvalue weighted by molar-refractivity contribution is 6.35. The third-order valence-corrected chi connectivity index (χ3v) is 3.21. The molecule has 2 N–H and O–H groups in total. The van der Waals surface area contributed by atoms with Crippen molar-refractivity contribution in [1.82, 2.24) is 0 Å². The number of anilines is 2. The van der Waals surface area contributed by atoms with E-state index in [4.69, 9.17) is 28.3 Å². The monoisotopic (exact) mass is 326 g/mol. The van der Waals surface area contributed by atoms with Crippen molar-refractivity contribution in [2.45, 2.75) is 0 Å². The molecular weight excluding hydrogens is 319 g/mol. The van der Waals surface area contributed by atoms with E-state index < -0.39 is 22.1 Å². The first-order chi connectivity index (χ1) is 9.90. The number of rotatable bonds is 4. The summed E-state index contributed by atoms with van der Waals surface area (Å²) < 4.78 is 0. The van der Waals surface area contributed by atoms with Gasteiger partial charge in [-0.05, 0) is 30.3 Å². The summed E-state index contributed by atoms with van der Waals surface area (Å²) in [5, 5.41) is 23.6. The largest absolute Gasteiger partial charge is 0.477 e. The Hall–Kier alpha value is -2.31. The average Bonchev–Trinajstić information content (AvgIpc) is 2.42. The van der Waals surface area contributed by atoms with Crippen LogP contribution >= 0.6 is 23.2 Å². The third kappa shape index (κ3) is 3.24. The first-order valence-corrected chi connectivity index (χ1v) is 6.38. The van der Waals surface area contributed by atoms with Crippen LogP contribution in [-0.4, -0.2) is 16.0 Å². The second-order valence-corrected chi connectivity index (χ2v) is 4.86. The number of benzene rings is 2. The second kappa shape index (κ2) is 5.99. The Balaban J connectivity index is 2.54. The van der Waals surface area contributed by atoms with Crippen LogP contribution in [0.25, 0.3) is 0 Å². The van der Waals surface area contributed by atoms with Crippen LogP contribution in [0.1, 0.15) is 10.4 Å². The number of hydrogen-bond acceptors (Lipinski definition) is 4. The minimum Gasteiger partial charge on any atom is -0.477 e. The number of nitro benzene ring substituents is 1. The predicted octanol–water partition coefficient (Wildman–Crippen LogP) is 4.34. The lowest BCUT2D eigenvalue weighted by molar-refractivity contribution is -0.384. The highest BCUT2D eigenvalue weighted by atomic mass is 35.5. The maximum absolute atomic E-state index is 11.1. The molecule has 2 rings (SSSR count). The molecule has 0 atom stereocenters. The summed E-state index contributed by atoms with van der Waals surface area (Å²) >= 11 is 11.8. The lowest BCUT2D eigenvalue weighted by Gasteiger charge is -2.10. The number of nitrogens with zero attached hydrogens (tertiary/aromatic N) is 1. The standard InChI is InChI=1S/C13H8Cl2N2O4/c14-7-4-5-9(15)11(6-7)16-10-3-1-2-8(13(18)19)12(10)17(20)21/h1-6,16H,(H,18,19). The first kappa shape index (κ1) is 15.1. The normalized spacial score (nSPS) is 10.2. The van der Waals surface area contributed by atoms with E-state index in [1.165, 1.54) is 24.3 Å². The number of carboxylic acid groups (broad SMARTS) is 1. The summed E-state index contributed by atoms with van der Waals surface area (Å²) in [4.78, 5) is 21.4. The van der Waals surface area contributed by atoms with Crippen LogP contribution < -0.4 is 5.32 Å². The van der Waals surface area contributed by atoms with Crippen molar-refractivity contribution in [3.63, 3.8) is 0 Å². The average molecular weight is 327 g/mol. The molecule has 0 bridgehead atoms. The molecule has 8 heteroatoms. The van der Waals surface area contributed by atoms with Crippen LogP contribution in [0.2, 0.25) is 10.0 Å². The Morgan fingerprint density at radius 3 is 2.52 bits per heavy atom. The highest BCUT2D eigenvalue weighted by Gasteiger charge is 2.24. The molecule has 0 aromatic heterocycles. The number of para-hydroxylation sites is 1. The number of carboxylic acids is 1. The minimum absolute atomic E-state index is 0.0177. The van der Waals surface area contributed by atoms with Crippen LogP contribution in [0.4, 0.5) is 17.1 Å². The molecule has 0 heterocycles. The van der Waals surface area contributed by atoms with Gasteiger partial charge in [0, 0.05) is 5.02 Å². The van der Waals surface area contributed by atoms with Gasteiger partial charge in [0.2, 0.25) is 0 Å². The molecule has 0 fully saturated rings. The van der Waals surface area contributed by atoms with E-state index >= 15 is 0 Å². The molecule has 6 nitrogen and oxygen atoms in total. The van der Waals surface area contributed by atoms with Crippen molar-refractivity contribution in [2.75, 3.05) is 5.32 Å². The summed E-state index contributed by atoms with van der Waals surface area (Å²) in [5.41, 5.74) is -0.594. The van der Waals surface area contributed by atoms with Gasteiger partial charge in [-0.25, -0.2) is 4.79 Å². The number of carbonyl (C=O) groups is 1. The molecule has 0 aliphatic heterocycles. The molecule has 0 radical (unpaired) electrons. The molecule has 0 saturated carbocycles. The molecular formula is C13H8Cl2N2O4. The Bertz CT molecular complexity index is 734. The Morgan fingerprint density at radius 2 is 1.90 bits per heavy atom. The zero-order chi connectivity index (χ0) is 15.6. The third-order valence-electron chi connectivity index (χ3n) is 2.65. The topological polar surface area (TPSA) is 92.5 Å². The summed E-state index contributed by atoms with van der Waals surface area (Å²) in [5.74, 6) is -1.39. The molecule has 2 aromatic carbocycles. The smallest absolute Gasteiger partial charge is 0.342 e. The van der Waals surface area contributed by atoms with Crippen LogP contribution in [-0.2, 0) is 0 Å². The molecule has 2 aromatic rings. The Labute approximate surface area is 129 Å². The zero-order valence-electron chi connectivity index (χ0n) is 10.3. The van der Waals surface area contributed by atoms with Gasteiger partial charge in [0.1, 0.15) is 11.3 Å². The molecule has 0 unspecified atom stereocenters. The second-order valence-electron chi connectivity index (χ2n) is 4.01. The summed E-state index contributed by atoms with van der Waals surface area (Å²) in [6.45, 7) is 0. The van der Waals surface area contributed by atoms with Gasteiger partial charge in [0.05, 0.1) is 15.6 Å². The van der Waals surface area contributed by atoms with Crippen molar-refractivity contribution >= 4 is 46.2 Å². The number of nitro groups is 1. The van der Waals surface area contributed by atoms with Gasteiger partial charge in [-0.1, -0.05) is 29.3 Å². The van der Waals surface area contributed by atoms with Gasteiger partial charge in [0.15, 0.2) is 0 Å². The van der Waals surface area contributed by atoms with Crippen molar-refractivity contribution in [2.24, 2.45) is 0 Å². The van der Waals surface area contributed by atoms with E-state index in [-0.39, 0.29) is 5.69 Å². The molecule has 0 amide bonds. The molecule has 0 spiro atoms. The van der Waals surface area contributed by atoms with Gasteiger partial charge in [-0.2, -0.15) is 0 Å². The van der Waals surface area contributed by atoms with E-state index in [1.807, 2.05) is 0 Å². The van der Waals surface area contributed by atoms with Crippen molar-refractivity contribution in [3.05, 3.63) is 62.1 Å². The fraction of sp³-hybridized carbons (Fsp3) is 0. The van der Waals surface area contributed by atoms with E-state index in [0.717, 1.165) is 6.07 Å². The Kier molecular flexibility index (Phi) is 4.30. The lowest BCUT2D eigenvalue weighted by Crippen LogP contribution is -2.05. The van der Waals surface area contributed by atoms with Gasteiger partial charge >= 0.3 is 11.7 Å². The maximum Gasteiger partial charge on any atom is 0.342 e. The summed E-state index contributed by atoms with van der Waals surface area (Å²) in [7, 11) is 0. The fourth-order valence-electron chi connectivity index (χ4n) is 1.75. The highest BCUT2D eigenvalue weighted by Crippen LogP contribution is 2.34. The minimum atomic E-state index is -1.39. The SMILES string of the molecule is O=C(O)c1cccc(Nc2cc(Cl)ccc2Cl)c1[N+](=O)[O-]. The van der Waals surface area contributed by atoms with Gasteiger partial charge < -0.3 is 10.4 Å². The van der Waals surface area contributed by atoms with Gasteiger partial charge in [-0.3, -0.25) is 10.1 Å². The van der Waals surface area contributed by atoms with Crippen LogP contribution in [0.15, 0.2) is 36.4 Å². The van der Waals surface area contributed by atoms with E-state index in [0.29, 0.717) is 15.7 Å². The van der Waals surface area contributed by atoms with Crippen molar-refractivity contribution in [3.8, 4) is 0 Å². The number of halogens is 2. The predicted molar refractivity (Wildman–Crippen MR) is 79.8 cm³/mol. The molecule has 108 valence electrons. The zero-order valence-corrected chi connectivity index (χ0v) is 11.9. The fourth-order valence-corrected chi connectivity index (χ4v) is 2.09. The quantitative estimate of drug-likeness (QED) is 0.643. The first-order valence-electron chi connectivity index (χ1n) is 5.63. The van der Waals surface area contributed by atoms with Crippen LogP contribution in [0.5, 0.6) is 0 Å². The number of aromatic carboxylic acids is 1. The van der Waals surface area contributed by atoms with E-state index in [9.17, 15) is 14.9 Å². The molecule has 21 heavy (non-hydrogen) atoms. The van der Waals surface area contributed by atoms with E-state index in [1.54, 1.807) is 6.07 Å². The molecule has 0 aliphatic rings. The number of nitrogens with one attached hydrogen (secondary N) is 1. The van der Waals surface area contributed by atoms with Crippen molar-refractivity contribution < 1.29 is 14.8 Å². The number of hydrogen-bond donors (Lipinski definition) is 2. The maximum atomic E-state index is 11.1. The van der Waals surface area contributed by atoms with Crippen LogP contribution in [0.3, 0.4) is 0 Å². The van der Waals surface area contributed by atoms with Crippen molar-refractivity contribution in [1.29, 1.82) is 0 Å². The summed E-state index contributed by atoms with van der Waals surface area (Å²) in [6.07, 6.45) is 0.